The van der Waals surface area contributed by atoms with Gasteiger partial charge in [0.05, 0.1) is 22.1 Å². The van der Waals surface area contributed by atoms with Crippen LogP contribution in [0.5, 0.6) is 0 Å². The Hall–Kier alpha value is -3.93. The minimum atomic E-state index is 0.644. The number of anilines is 3. The van der Waals surface area contributed by atoms with E-state index in [1.807, 2.05) is 73.7 Å². The molecule has 28 heavy (non-hydrogen) atoms. The van der Waals surface area contributed by atoms with Crippen LogP contribution in [0.15, 0.2) is 66.7 Å². The van der Waals surface area contributed by atoms with Gasteiger partial charge in [0.1, 0.15) is 11.6 Å². The third-order valence-electron chi connectivity index (χ3n) is 4.81. The average molecular weight is 366 g/mol. The SMILES string of the molecule is Cc1nc(Nc2n[nH]c3ccccc23)c2c(N)c(-c3ccccc3)ccc2n1. The second-order valence-electron chi connectivity index (χ2n) is 6.65. The summed E-state index contributed by atoms with van der Waals surface area (Å²) in [4.78, 5) is 9.19. The van der Waals surface area contributed by atoms with E-state index in [1.54, 1.807) is 0 Å². The van der Waals surface area contributed by atoms with Crippen molar-refractivity contribution in [3.8, 4) is 11.1 Å². The highest BCUT2D eigenvalue weighted by atomic mass is 15.2. The predicted octanol–water partition coefficient (Wildman–Crippen LogP) is 4.81. The summed E-state index contributed by atoms with van der Waals surface area (Å²) in [5, 5.41) is 12.6. The summed E-state index contributed by atoms with van der Waals surface area (Å²) in [6, 6.07) is 22.0. The van der Waals surface area contributed by atoms with Crippen molar-refractivity contribution >= 4 is 39.1 Å². The summed E-state index contributed by atoms with van der Waals surface area (Å²) in [5.41, 5.74) is 11.0. The van der Waals surface area contributed by atoms with Crippen LogP contribution in [-0.4, -0.2) is 20.2 Å². The van der Waals surface area contributed by atoms with Gasteiger partial charge in [-0.2, -0.15) is 5.10 Å². The summed E-state index contributed by atoms with van der Waals surface area (Å²) in [5.74, 6) is 2.02. The van der Waals surface area contributed by atoms with Gasteiger partial charge in [0.15, 0.2) is 5.82 Å². The Balaban J connectivity index is 1.71. The molecule has 5 aromatic rings. The fraction of sp³-hybridized carbons (Fsp3) is 0.0455. The van der Waals surface area contributed by atoms with Crippen molar-refractivity contribution in [1.29, 1.82) is 0 Å². The van der Waals surface area contributed by atoms with Crippen molar-refractivity contribution in [1.82, 2.24) is 20.2 Å². The van der Waals surface area contributed by atoms with Crippen LogP contribution in [0.25, 0.3) is 32.9 Å². The van der Waals surface area contributed by atoms with Gasteiger partial charge in [-0.1, -0.05) is 48.5 Å². The summed E-state index contributed by atoms with van der Waals surface area (Å²) in [6.07, 6.45) is 0. The van der Waals surface area contributed by atoms with Gasteiger partial charge in [-0.25, -0.2) is 9.97 Å². The number of nitrogens with two attached hydrogens (primary N) is 1. The molecule has 0 saturated heterocycles. The molecule has 0 aliphatic rings. The number of hydrogen-bond donors (Lipinski definition) is 3. The van der Waals surface area contributed by atoms with Gasteiger partial charge >= 0.3 is 0 Å². The highest BCUT2D eigenvalue weighted by Crippen LogP contribution is 2.36. The molecule has 6 heteroatoms. The molecule has 2 aromatic heterocycles. The Morgan fingerprint density at radius 2 is 1.64 bits per heavy atom. The second-order valence-corrected chi connectivity index (χ2v) is 6.65. The Morgan fingerprint density at radius 3 is 2.50 bits per heavy atom. The Bertz CT molecular complexity index is 1310. The molecule has 0 aliphatic heterocycles. The number of aryl methyl sites for hydroxylation is 1. The molecular formula is C22H18N6. The Labute approximate surface area is 161 Å². The summed E-state index contributed by atoms with van der Waals surface area (Å²) in [7, 11) is 0. The lowest BCUT2D eigenvalue weighted by molar-refractivity contribution is 1.08. The summed E-state index contributed by atoms with van der Waals surface area (Å²) in [6.45, 7) is 1.87. The van der Waals surface area contributed by atoms with Crippen LogP contribution in [0, 0.1) is 6.92 Å². The van der Waals surface area contributed by atoms with E-state index in [2.05, 4.69) is 25.5 Å². The lowest BCUT2D eigenvalue weighted by Gasteiger charge is -2.13. The normalized spacial score (nSPS) is 11.2. The van der Waals surface area contributed by atoms with Crippen molar-refractivity contribution in [2.75, 3.05) is 11.1 Å². The first-order chi connectivity index (χ1) is 13.7. The smallest absolute Gasteiger partial charge is 0.161 e. The monoisotopic (exact) mass is 366 g/mol. The van der Waals surface area contributed by atoms with Crippen LogP contribution in [0.2, 0.25) is 0 Å². The van der Waals surface area contributed by atoms with Crippen LogP contribution in [0.4, 0.5) is 17.3 Å². The standard InChI is InChI=1S/C22H18N6/c1-13-24-18-12-11-15(14-7-3-2-4-8-14)20(23)19(18)22(25-13)26-21-16-9-5-6-10-17(16)27-28-21/h2-12H,23H2,1H3,(H2,24,25,26,27,28). The first-order valence-electron chi connectivity index (χ1n) is 9.03. The molecule has 2 heterocycles. The number of nitrogen functional groups attached to an aromatic ring is 1. The number of nitrogens with zero attached hydrogens (tertiary/aromatic N) is 3. The first-order valence-corrected chi connectivity index (χ1v) is 9.03. The molecule has 0 spiro atoms. The number of para-hydroxylation sites is 1. The van der Waals surface area contributed by atoms with Crippen molar-refractivity contribution in [2.24, 2.45) is 0 Å². The van der Waals surface area contributed by atoms with Crippen molar-refractivity contribution in [2.45, 2.75) is 6.92 Å². The molecule has 136 valence electrons. The van der Waals surface area contributed by atoms with Crippen molar-refractivity contribution in [3.05, 3.63) is 72.6 Å². The van der Waals surface area contributed by atoms with Gasteiger partial charge in [-0.05, 0) is 30.7 Å². The fourth-order valence-corrected chi connectivity index (χ4v) is 3.50. The summed E-state index contributed by atoms with van der Waals surface area (Å²) >= 11 is 0. The molecular weight excluding hydrogens is 348 g/mol. The zero-order chi connectivity index (χ0) is 19.1. The van der Waals surface area contributed by atoms with Crippen LogP contribution in [-0.2, 0) is 0 Å². The van der Waals surface area contributed by atoms with Gasteiger partial charge in [-0.15, -0.1) is 0 Å². The number of rotatable bonds is 3. The maximum Gasteiger partial charge on any atom is 0.161 e. The quantitative estimate of drug-likeness (QED) is 0.399. The number of benzene rings is 3. The number of aromatic nitrogens is 4. The zero-order valence-corrected chi connectivity index (χ0v) is 15.3. The molecule has 0 fully saturated rings. The van der Waals surface area contributed by atoms with Crippen LogP contribution < -0.4 is 11.1 Å². The van der Waals surface area contributed by atoms with E-state index in [0.717, 1.165) is 32.9 Å². The van der Waals surface area contributed by atoms with Gasteiger partial charge in [-0.3, -0.25) is 5.10 Å². The largest absolute Gasteiger partial charge is 0.398 e. The average Bonchev–Trinajstić information content (AvgIpc) is 3.11. The Kier molecular flexibility index (Phi) is 3.69. The van der Waals surface area contributed by atoms with Gasteiger partial charge in [0.25, 0.3) is 0 Å². The molecule has 0 saturated carbocycles. The zero-order valence-electron chi connectivity index (χ0n) is 15.3. The van der Waals surface area contributed by atoms with Gasteiger partial charge in [0, 0.05) is 10.9 Å². The minimum absolute atomic E-state index is 0.644. The van der Waals surface area contributed by atoms with E-state index in [1.165, 1.54) is 0 Å². The maximum absolute atomic E-state index is 6.60. The molecule has 6 nitrogen and oxygen atoms in total. The van der Waals surface area contributed by atoms with E-state index in [0.29, 0.717) is 23.1 Å². The molecule has 0 amide bonds. The molecule has 0 atom stereocenters. The van der Waals surface area contributed by atoms with E-state index in [9.17, 15) is 0 Å². The first kappa shape index (κ1) is 16.3. The number of aromatic amines is 1. The molecule has 0 unspecified atom stereocenters. The van der Waals surface area contributed by atoms with E-state index >= 15 is 0 Å². The topological polar surface area (TPSA) is 92.5 Å². The van der Waals surface area contributed by atoms with Gasteiger partial charge in [0.2, 0.25) is 0 Å². The Morgan fingerprint density at radius 1 is 0.857 bits per heavy atom. The maximum atomic E-state index is 6.60. The molecule has 3 aromatic carbocycles. The number of nitrogens with one attached hydrogen (secondary N) is 2. The third kappa shape index (κ3) is 2.63. The molecule has 4 N–H and O–H groups in total. The number of H-pyrrole nitrogens is 1. The second kappa shape index (κ2) is 6.35. The van der Waals surface area contributed by atoms with Gasteiger partial charge < -0.3 is 11.1 Å². The summed E-state index contributed by atoms with van der Waals surface area (Å²) < 4.78 is 0. The highest BCUT2D eigenvalue weighted by molar-refractivity contribution is 6.06. The molecule has 0 radical (unpaired) electrons. The molecule has 0 aliphatic carbocycles. The van der Waals surface area contributed by atoms with Crippen LogP contribution in [0.3, 0.4) is 0 Å². The lowest BCUT2D eigenvalue weighted by atomic mass is 10.0. The van der Waals surface area contributed by atoms with E-state index in [-0.39, 0.29) is 0 Å². The number of hydrogen-bond acceptors (Lipinski definition) is 5. The van der Waals surface area contributed by atoms with Crippen molar-refractivity contribution < 1.29 is 0 Å². The van der Waals surface area contributed by atoms with E-state index in [4.69, 9.17) is 5.73 Å². The number of fused-ring (bicyclic) bond motifs is 2. The van der Waals surface area contributed by atoms with Crippen molar-refractivity contribution in [3.63, 3.8) is 0 Å². The van der Waals surface area contributed by atoms with Crippen LogP contribution in [0.1, 0.15) is 5.82 Å². The highest BCUT2D eigenvalue weighted by Gasteiger charge is 2.15. The van der Waals surface area contributed by atoms with Crippen LogP contribution >= 0.6 is 0 Å². The third-order valence-corrected chi connectivity index (χ3v) is 4.81. The minimum Gasteiger partial charge on any atom is -0.398 e. The van der Waals surface area contributed by atoms with E-state index < -0.39 is 0 Å². The molecule has 5 rings (SSSR count). The predicted molar refractivity (Wildman–Crippen MR) is 113 cm³/mol. The lowest BCUT2D eigenvalue weighted by Crippen LogP contribution is -2.03. The molecule has 0 bridgehead atoms. The fourth-order valence-electron chi connectivity index (χ4n) is 3.50.